The maximum Gasteiger partial charge on any atom is 0.309 e. The van der Waals surface area contributed by atoms with Crippen LogP contribution in [0.3, 0.4) is 0 Å². The largest absolute Gasteiger partial charge is 0.483 e. The summed E-state index contributed by atoms with van der Waals surface area (Å²) in [6.45, 7) is 9.76. The number of carbonyl (C=O) groups is 2. The zero-order valence-corrected chi connectivity index (χ0v) is 14.6. The van der Waals surface area contributed by atoms with Crippen molar-refractivity contribution < 1.29 is 19.4 Å². The predicted molar refractivity (Wildman–Crippen MR) is 89.7 cm³/mol. The first-order valence-corrected chi connectivity index (χ1v) is 7.76. The van der Waals surface area contributed by atoms with Crippen molar-refractivity contribution in [2.75, 3.05) is 13.2 Å². The number of carboxylic acids is 1. The highest BCUT2D eigenvalue weighted by molar-refractivity contribution is 5.78. The molecule has 0 bridgehead atoms. The molecular weight excluding hydrogens is 294 g/mol. The third-order valence-electron chi connectivity index (χ3n) is 3.70. The van der Waals surface area contributed by atoms with Crippen molar-refractivity contribution in [2.45, 2.75) is 46.5 Å². The third kappa shape index (κ3) is 5.93. The highest BCUT2D eigenvalue weighted by Crippen LogP contribution is 2.30. The van der Waals surface area contributed by atoms with E-state index in [1.54, 1.807) is 13.8 Å². The summed E-state index contributed by atoms with van der Waals surface area (Å²) in [6, 6.07) is 7.66. The van der Waals surface area contributed by atoms with E-state index in [9.17, 15) is 9.59 Å². The minimum absolute atomic E-state index is 0.0709. The average Bonchev–Trinajstić information content (AvgIpc) is 2.44. The molecule has 0 unspecified atom stereocenters. The molecule has 0 aliphatic heterocycles. The summed E-state index contributed by atoms with van der Waals surface area (Å²) >= 11 is 0. The van der Waals surface area contributed by atoms with E-state index in [1.165, 1.54) is 0 Å². The molecule has 0 spiro atoms. The fourth-order valence-corrected chi connectivity index (χ4v) is 2.03. The van der Waals surface area contributed by atoms with Crippen LogP contribution in [0.2, 0.25) is 0 Å². The lowest BCUT2D eigenvalue weighted by Gasteiger charge is -2.22. The number of amides is 1. The van der Waals surface area contributed by atoms with Gasteiger partial charge in [-0.25, -0.2) is 0 Å². The summed E-state index contributed by atoms with van der Waals surface area (Å²) in [4.78, 5) is 22.9. The molecule has 0 atom stereocenters. The Hall–Kier alpha value is -2.04. The van der Waals surface area contributed by atoms with Gasteiger partial charge in [0.25, 0.3) is 5.91 Å². The van der Waals surface area contributed by atoms with Crippen LogP contribution in [-0.2, 0) is 15.0 Å². The lowest BCUT2D eigenvalue weighted by atomic mass is 9.86. The second-order valence-electron chi connectivity index (χ2n) is 7.32. The van der Waals surface area contributed by atoms with Crippen molar-refractivity contribution in [3.63, 3.8) is 0 Å². The Morgan fingerprint density at radius 3 is 2.30 bits per heavy atom. The molecule has 128 valence electrons. The Balaban J connectivity index is 2.51. The summed E-state index contributed by atoms with van der Waals surface area (Å²) in [7, 11) is 0. The molecular formula is C18H27NO4. The molecule has 2 N–H and O–H groups in total. The van der Waals surface area contributed by atoms with Crippen LogP contribution in [0.4, 0.5) is 0 Å². The van der Waals surface area contributed by atoms with E-state index >= 15 is 0 Å². The van der Waals surface area contributed by atoms with E-state index in [1.807, 2.05) is 24.3 Å². The monoisotopic (exact) mass is 321 g/mol. The van der Waals surface area contributed by atoms with Crippen LogP contribution in [0.1, 0.15) is 46.6 Å². The van der Waals surface area contributed by atoms with Crippen molar-refractivity contribution in [1.82, 2.24) is 5.32 Å². The lowest BCUT2D eigenvalue weighted by molar-refractivity contribution is -0.147. The molecule has 23 heavy (non-hydrogen) atoms. The third-order valence-corrected chi connectivity index (χ3v) is 3.70. The Bertz CT molecular complexity index is 558. The molecule has 0 aromatic heterocycles. The highest BCUT2D eigenvalue weighted by Gasteiger charge is 2.26. The van der Waals surface area contributed by atoms with Gasteiger partial charge >= 0.3 is 5.97 Å². The molecule has 0 saturated carbocycles. The zero-order chi connectivity index (χ0) is 17.7. The normalized spacial score (nSPS) is 11.9. The van der Waals surface area contributed by atoms with Gasteiger partial charge in [-0.05, 0) is 37.3 Å². The second-order valence-corrected chi connectivity index (χ2v) is 7.32. The van der Waals surface area contributed by atoms with Crippen LogP contribution in [0.25, 0.3) is 0 Å². The summed E-state index contributed by atoms with van der Waals surface area (Å²) in [5, 5.41) is 11.7. The first-order valence-electron chi connectivity index (χ1n) is 7.76. The Labute approximate surface area is 138 Å². The molecule has 0 aliphatic carbocycles. The van der Waals surface area contributed by atoms with E-state index in [2.05, 4.69) is 26.1 Å². The van der Waals surface area contributed by atoms with Crippen molar-refractivity contribution in [3.8, 4) is 5.75 Å². The Morgan fingerprint density at radius 1 is 1.13 bits per heavy atom. The van der Waals surface area contributed by atoms with E-state index in [-0.39, 0.29) is 17.9 Å². The molecule has 0 heterocycles. The summed E-state index contributed by atoms with van der Waals surface area (Å²) < 4.78 is 5.63. The van der Waals surface area contributed by atoms with Crippen LogP contribution in [0.5, 0.6) is 5.75 Å². The summed E-state index contributed by atoms with van der Waals surface area (Å²) in [5.74, 6) is -0.432. The molecule has 0 saturated heterocycles. The number of carbonyl (C=O) groups excluding carboxylic acids is 1. The zero-order valence-electron chi connectivity index (χ0n) is 14.6. The minimum Gasteiger partial charge on any atom is -0.483 e. The molecule has 0 fully saturated rings. The molecule has 5 heteroatoms. The van der Waals surface area contributed by atoms with Gasteiger partial charge in [0.1, 0.15) is 5.75 Å². The van der Waals surface area contributed by atoms with Gasteiger partial charge in [0.15, 0.2) is 6.61 Å². The summed E-state index contributed by atoms with van der Waals surface area (Å²) in [5.41, 5.74) is 0.116. The fourth-order valence-electron chi connectivity index (χ4n) is 2.03. The Kier molecular flexibility index (Phi) is 6.19. The predicted octanol–water partition coefficient (Wildman–Crippen LogP) is 2.98. The number of hydrogen-bond acceptors (Lipinski definition) is 3. The smallest absolute Gasteiger partial charge is 0.309 e. The topological polar surface area (TPSA) is 75.6 Å². The van der Waals surface area contributed by atoms with Gasteiger partial charge in [-0.1, -0.05) is 39.0 Å². The molecule has 1 rings (SSSR count). The summed E-state index contributed by atoms with van der Waals surface area (Å²) in [6.07, 6.45) is 0.368. The van der Waals surface area contributed by atoms with Gasteiger partial charge in [-0.15, -0.1) is 0 Å². The van der Waals surface area contributed by atoms with E-state index in [0.717, 1.165) is 5.56 Å². The molecule has 1 aromatic carbocycles. The van der Waals surface area contributed by atoms with Crippen molar-refractivity contribution in [1.29, 1.82) is 0 Å². The number of hydrogen-bond donors (Lipinski definition) is 2. The fraction of sp³-hybridized carbons (Fsp3) is 0.556. The maximum atomic E-state index is 11.8. The van der Waals surface area contributed by atoms with Crippen LogP contribution in [0.15, 0.2) is 24.3 Å². The number of para-hydroxylation sites is 1. The van der Waals surface area contributed by atoms with Gasteiger partial charge in [0.05, 0.1) is 5.41 Å². The first-order chi connectivity index (χ1) is 10.5. The SMILES string of the molecule is CC(C)(CCNC(=O)COc1ccccc1C(C)(C)C)C(=O)O. The molecule has 1 aromatic rings. The number of benzene rings is 1. The average molecular weight is 321 g/mol. The molecule has 5 nitrogen and oxygen atoms in total. The number of carboxylic acid groups (broad SMARTS) is 1. The molecule has 0 aliphatic rings. The van der Waals surface area contributed by atoms with Crippen LogP contribution in [-0.4, -0.2) is 30.1 Å². The first kappa shape index (κ1) is 19.0. The number of nitrogens with one attached hydrogen (secondary N) is 1. The standard InChI is InChI=1S/C18H27NO4/c1-17(2,3)13-8-6-7-9-14(13)23-12-15(20)19-11-10-18(4,5)16(21)22/h6-9H,10-12H2,1-5H3,(H,19,20)(H,21,22). The quantitative estimate of drug-likeness (QED) is 0.809. The minimum atomic E-state index is -0.873. The number of ether oxygens (including phenoxy) is 1. The van der Waals surface area contributed by atoms with E-state index in [4.69, 9.17) is 9.84 Å². The van der Waals surface area contributed by atoms with Gasteiger partial charge < -0.3 is 15.2 Å². The van der Waals surface area contributed by atoms with Gasteiger partial charge in [-0.2, -0.15) is 0 Å². The molecule has 0 radical (unpaired) electrons. The van der Waals surface area contributed by atoms with Crippen LogP contribution in [0, 0.1) is 5.41 Å². The van der Waals surface area contributed by atoms with Gasteiger partial charge in [-0.3, -0.25) is 9.59 Å². The number of rotatable bonds is 7. The van der Waals surface area contributed by atoms with Gasteiger partial charge in [0, 0.05) is 6.54 Å². The highest BCUT2D eigenvalue weighted by atomic mass is 16.5. The lowest BCUT2D eigenvalue weighted by Crippen LogP contribution is -2.34. The van der Waals surface area contributed by atoms with E-state index < -0.39 is 11.4 Å². The van der Waals surface area contributed by atoms with Crippen molar-refractivity contribution >= 4 is 11.9 Å². The van der Waals surface area contributed by atoms with Crippen LogP contribution >= 0.6 is 0 Å². The number of aliphatic carboxylic acids is 1. The van der Waals surface area contributed by atoms with Crippen molar-refractivity contribution in [2.24, 2.45) is 5.41 Å². The Morgan fingerprint density at radius 2 is 1.74 bits per heavy atom. The molecule has 1 amide bonds. The van der Waals surface area contributed by atoms with E-state index in [0.29, 0.717) is 18.7 Å². The second kappa shape index (κ2) is 7.49. The van der Waals surface area contributed by atoms with Crippen molar-refractivity contribution in [3.05, 3.63) is 29.8 Å². The van der Waals surface area contributed by atoms with Crippen LogP contribution < -0.4 is 10.1 Å². The maximum absolute atomic E-state index is 11.8. The van der Waals surface area contributed by atoms with Gasteiger partial charge in [0.2, 0.25) is 0 Å².